The van der Waals surface area contributed by atoms with E-state index in [1.54, 1.807) is 31.6 Å². The van der Waals surface area contributed by atoms with E-state index in [0.717, 1.165) is 17.7 Å². The van der Waals surface area contributed by atoms with Gasteiger partial charge in [0, 0.05) is 35.9 Å². The van der Waals surface area contributed by atoms with Crippen LogP contribution < -0.4 is 9.64 Å². The number of carbonyl (C=O) groups is 1. The van der Waals surface area contributed by atoms with Gasteiger partial charge in [-0.15, -0.1) is 24.5 Å². The third kappa shape index (κ3) is 4.17. The van der Waals surface area contributed by atoms with Gasteiger partial charge in [-0.2, -0.15) is 0 Å². The van der Waals surface area contributed by atoms with Crippen molar-refractivity contribution in [1.82, 2.24) is 9.97 Å². The highest BCUT2D eigenvalue weighted by Crippen LogP contribution is 2.28. The van der Waals surface area contributed by atoms with Crippen LogP contribution in [0.25, 0.3) is 11.3 Å². The summed E-state index contributed by atoms with van der Waals surface area (Å²) in [5.41, 5.74) is 1.81. The fourth-order valence-corrected chi connectivity index (χ4v) is 2.95. The number of benzene rings is 1. The first-order chi connectivity index (χ1) is 12.3. The third-order valence-corrected chi connectivity index (χ3v) is 4.31. The number of hydrogen-bond donors (Lipinski definition) is 0. The Morgan fingerprint density at radius 1 is 1.12 bits per heavy atom. The van der Waals surface area contributed by atoms with Crippen LogP contribution in [0.4, 0.5) is 18.3 Å². The maximum absolute atomic E-state index is 12.5. The third-order valence-electron chi connectivity index (χ3n) is 3.39. The zero-order valence-corrected chi connectivity index (χ0v) is 14.2. The topological polar surface area (TPSA) is 55.3 Å². The zero-order valence-electron chi connectivity index (χ0n) is 13.4. The van der Waals surface area contributed by atoms with E-state index in [4.69, 9.17) is 0 Å². The number of anilines is 1. The predicted octanol–water partition coefficient (Wildman–Crippen LogP) is 4.38. The van der Waals surface area contributed by atoms with E-state index >= 15 is 0 Å². The molecule has 5 nitrogen and oxygen atoms in total. The van der Waals surface area contributed by atoms with Gasteiger partial charge in [0.15, 0.2) is 5.13 Å². The Balaban J connectivity index is 1.75. The van der Waals surface area contributed by atoms with Crippen LogP contribution in [-0.4, -0.2) is 29.3 Å². The molecule has 0 atom stereocenters. The molecule has 2 heterocycles. The van der Waals surface area contributed by atoms with E-state index in [2.05, 4.69) is 14.7 Å². The van der Waals surface area contributed by atoms with Crippen LogP contribution in [0.15, 0.2) is 54.2 Å². The van der Waals surface area contributed by atoms with Gasteiger partial charge in [0.2, 0.25) is 0 Å². The average molecular weight is 379 g/mol. The van der Waals surface area contributed by atoms with E-state index in [-0.39, 0.29) is 17.2 Å². The first-order valence-corrected chi connectivity index (χ1v) is 8.21. The number of alkyl halides is 3. The molecule has 1 amide bonds. The SMILES string of the molecule is CN(C(=O)c1ccc(OC(F)(F)F)cc1)c1nc(-c2ccncc2)cs1. The first-order valence-electron chi connectivity index (χ1n) is 7.33. The van der Waals surface area contributed by atoms with Crippen molar-refractivity contribution in [3.8, 4) is 17.0 Å². The van der Waals surface area contributed by atoms with E-state index in [9.17, 15) is 18.0 Å². The summed E-state index contributed by atoms with van der Waals surface area (Å²) in [7, 11) is 1.55. The van der Waals surface area contributed by atoms with Crippen molar-refractivity contribution in [2.75, 3.05) is 11.9 Å². The maximum Gasteiger partial charge on any atom is 0.573 e. The summed E-state index contributed by atoms with van der Waals surface area (Å²) in [6.07, 6.45) is -1.48. The van der Waals surface area contributed by atoms with Gasteiger partial charge in [0.1, 0.15) is 5.75 Å². The normalized spacial score (nSPS) is 11.2. The minimum absolute atomic E-state index is 0.225. The quantitative estimate of drug-likeness (QED) is 0.675. The van der Waals surface area contributed by atoms with Gasteiger partial charge in [-0.25, -0.2) is 4.98 Å². The number of hydrogen-bond acceptors (Lipinski definition) is 5. The number of rotatable bonds is 4. The second-order valence-corrected chi connectivity index (χ2v) is 6.02. The highest BCUT2D eigenvalue weighted by atomic mass is 32.1. The van der Waals surface area contributed by atoms with Gasteiger partial charge in [-0.1, -0.05) is 0 Å². The van der Waals surface area contributed by atoms with Gasteiger partial charge in [0.05, 0.1) is 5.69 Å². The molecular formula is C17H12F3N3O2S. The fourth-order valence-electron chi connectivity index (χ4n) is 2.15. The number of ether oxygens (including phenoxy) is 1. The largest absolute Gasteiger partial charge is 0.573 e. The highest BCUT2D eigenvalue weighted by Gasteiger charge is 2.31. The van der Waals surface area contributed by atoms with Crippen molar-refractivity contribution >= 4 is 22.4 Å². The Bertz CT molecular complexity index is 896. The van der Waals surface area contributed by atoms with Gasteiger partial charge in [0.25, 0.3) is 5.91 Å². The smallest absolute Gasteiger partial charge is 0.406 e. The number of nitrogens with zero attached hydrogens (tertiary/aromatic N) is 3. The predicted molar refractivity (Wildman–Crippen MR) is 91.2 cm³/mol. The number of amides is 1. The van der Waals surface area contributed by atoms with Crippen LogP contribution in [0.3, 0.4) is 0 Å². The van der Waals surface area contributed by atoms with Crippen molar-refractivity contribution < 1.29 is 22.7 Å². The molecule has 2 aromatic heterocycles. The highest BCUT2D eigenvalue weighted by molar-refractivity contribution is 7.14. The first kappa shape index (κ1) is 17.9. The standard InChI is InChI=1S/C17H12F3N3O2S/c1-23(16-22-14(10-26-16)11-6-8-21-9-7-11)15(24)12-2-4-13(5-3-12)25-17(18,19)20/h2-10H,1H3. The number of pyridine rings is 1. The van der Waals surface area contributed by atoms with E-state index < -0.39 is 6.36 Å². The lowest BCUT2D eigenvalue weighted by atomic mass is 10.2. The van der Waals surface area contributed by atoms with Crippen molar-refractivity contribution in [1.29, 1.82) is 0 Å². The lowest BCUT2D eigenvalue weighted by Crippen LogP contribution is -2.26. The van der Waals surface area contributed by atoms with Crippen LogP contribution in [-0.2, 0) is 0 Å². The summed E-state index contributed by atoms with van der Waals surface area (Å²) >= 11 is 1.29. The van der Waals surface area contributed by atoms with E-state index in [0.29, 0.717) is 10.8 Å². The summed E-state index contributed by atoms with van der Waals surface area (Å²) in [6.45, 7) is 0. The second-order valence-electron chi connectivity index (χ2n) is 5.19. The molecule has 26 heavy (non-hydrogen) atoms. The maximum atomic E-state index is 12.5. The van der Waals surface area contributed by atoms with E-state index in [1.165, 1.54) is 28.4 Å². The molecule has 0 radical (unpaired) electrons. The van der Waals surface area contributed by atoms with Crippen LogP contribution in [0, 0.1) is 0 Å². The zero-order chi connectivity index (χ0) is 18.7. The molecule has 1 aromatic carbocycles. The number of thiazole rings is 1. The molecule has 0 aliphatic carbocycles. The van der Waals surface area contributed by atoms with Gasteiger partial charge in [-0.05, 0) is 36.4 Å². The molecule has 0 unspecified atom stereocenters. The molecule has 0 aliphatic heterocycles. The summed E-state index contributed by atoms with van der Waals surface area (Å²) in [4.78, 5) is 22.2. The number of carbonyl (C=O) groups excluding carboxylic acids is 1. The Morgan fingerprint density at radius 3 is 2.38 bits per heavy atom. The lowest BCUT2D eigenvalue weighted by molar-refractivity contribution is -0.274. The fraction of sp³-hybridized carbons (Fsp3) is 0.118. The number of halogens is 3. The Hall–Kier alpha value is -2.94. The lowest BCUT2D eigenvalue weighted by Gasteiger charge is -2.14. The Labute approximate surface area is 150 Å². The molecule has 3 rings (SSSR count). The molecule has 0 bridgehead atoms. The van der Waals surface area contributed by atoms with Gasteiger partial charge < -0.3 is 4.74 Å². The monoisotopic (exact) mass is 379 g/mol. The molecule has 0 spiro atoms. The summed E-state index contributed by atoms with van der Waals surface area (Å²) in [6, 6.07) is 8.35. The summed E-state index contributed by atoms with van der Waals surface area (Å²) < 4.78 is 40.3. The molecule has 9 heteroatoms. The molecule has 3 aromatic rings. The molecule has 0 saturated heterocycles. The minimum atomic E-state index is -4.77. The Morgan fingerprint density at radius 2 is 1.77 bits per heavy atom. The molecule has 0 saturated carbocycles. The van der Waals surface area contributed by atoms with Crippen LogP contribution in [0.5, 0.6) is 5.75 Å². The second kappa shape index (κ2) is 7.12. The number of aromatic nitrogens is 2. The van der Waals surface area contributed by atoms with Crippen molar-refractivity contribution in [3.63, 3.8) is 0 Å². The average Bonchev–Trinajstić information content (AvgIpc) is 3.11. The van der Waals surface area contributed by atoms with Gasteiger partial charge >= 0.3 is 6.36 Å². The van der Waals surface area contributed by atoms with Crippen LogP contribution >= 0.6 is 11.3 Å². The molecule has 0 aliphatic rings. The summed E-state index contributed by atoms with van der Waals surface area (Å²) in [5, 5.41) is 2.28. The van der Waals surface area contributed by atoms with Crippen molar-refractivity contribution in [2.45, 2.75) is 6.36 Å². The van der Waals surface area contributed by atoms with Crippen LogP contribution in [0.2, 0.25) is 0 Å². The van der Waals surface area contributed by atoms with E-state index in [1.807, 2.05) is 5.38 Å². The van der Waals surface area contributed by atoms with Crippen molar-refractivity contribution in [3.05, 3.63) is 59.7 Å². The minimum Gasteiger partial charge on any atom is -0.406 e. The Kier molecular flexibility index (Phi) is 4.90. The molecule has 134 valence electrons. The summed E-state index contributed by atoms with van der Waals surface area (Å²) in [5.74, 6) is -0.773. The van der Waals surface area contributed by atoms with Crippen molar-refractivity contribution in [2.24, 2.45) is 0 Å². The van der Waals surface area contributed by atoms with Crippen LogP contribution in [0.1, 0.15) is 10.4 Å². The molecule has 0 fully saturated rings. The van der Waals surface area contributed by atoms with Gasteiger partial charge in [-0.3, -0.25) is 14.7 Å². The molecule has 0 N–H and O–H groups in total. The molecular weight excluding hydrogens is 367 g/mol.